The van der Waals surface area contributed by atoms with Crippen LogP contribution in [0, 0.1) is 17.0 Å². The molecule has 0 aliphatic carbocycles. The fourth-order valence-electron chi connectivity index (χ4n) is 2.96. The van der Waals surface area contributed by atoms with Crippen LogP contribution in [0.1, 0.15) is 28.7 Å². The molecule has 0 saturated heterocycles. The lowest BCUT2D eigenvalue weighted by atomic mass is 10.1. The van der Waals surface area contributed by atoms with Gasteiger partial charge in [-0.15, -0.1) is 0 Å². The molecule has 9 nitrogen and oxygen atoms in total. The second kappa shape index (κ2) is 7.87. The van der Waals surface area contributed by atoms with Crippen molar-refractivity contribution in [1.82, 2.24) is 20.4 Å². The van der Waals surface area contributed by atoms with Gasteiger partial charge in [0.15, 0.2) is 0 Å². The normalized spacial score (nSPS) is 10.6. The van der Waals surface area contributed by atoms with Crippen molar-refractivity contribution >= 4 is 28.5 Å². The minimum absolute atomic E-state index is 0.00323. The van der Waals surface area contributed by atoms with Gasteiger partial charge in [-0.3, -0.25) is 30.6 Å². The van der Waals surface area contributed by atoms with E-state index >= 15 is 0 Å². The third kappa shape index (κ3) is 3.83. The molecule has 0 saturated carbocycles. The van der Waals surface area contributed by atoms with Gasteiger partial charge in [-0.1, -0.05) is 19.1 Å². The molecular formula is C19H19N5O4. The zero-order chi connectivity index (χ0) is 20.3. The first kappa shape index (κ1) is 19.0. The number of imidazole rings is 1. The average molecular weight is 381 g/mol. The number of rotatable bonds is 5. The number of nitrogens with one attached hydrogen (secondary N) is 2. The number of aryl methyl sites for hydroxylation is 2. The van der Waals surface area contributed by atoms with Gasteiger partial charge in [-0.2, -0.15) is 0 Å². The molecule has 0 radical (unpaired) electrons. The fourth-order valence-corrected chi connectivity index (χ4v) is 2.96. The first-order valence-corrected chi connectivity index (χ1v) is 8.69. The maximum Gasteiger partial charge on any atom is 0.272 e. The molecule has 2 aromatic carbocycles. The molecule has 3 rings (SSSR count). The van der Waals surface area contributed by atoms with Crippen molar-refractivity contribution in [2.45, 2.75) is 26.8 Å². The number of fused-ring (bicyclic) bond motifs is 1. The molecule has 1 aromatic heterocycles. The van der Waals surface area contributed by atoms with E-state index in [9.17, 15) is 19.7 Å². The van der Waals surface area contributed by atoms with Crippen molar-refractivity contribution in [2.75, 3.05) is 0 Å². The molecule has 0 aliphatic heterocycles. The average Bonchev–Trinajstić information content (AvgIpc) is 3.03. The highest BCUT2D eigenvalue weighted by Crippen LogP contribution is 2.19. The molecule has 0 unspecified atom stereocenters. The smallest absolute Gasteiger partial charge is 0.272 e. The highest BCUT2D eigenvalue weighted by atomic mass is 16.6. The van der Waals surface area contributed by atoms with E-state index in [1.807, 2.05) is 31.2 Å². The van der Waals surface area contributed by atoms with Crippen molar-refractivity contribution in [1.29, 1.82) is 0 Å². The zero-order valence-corrected chi connectivity index (χ0v) is 15.4. The molecule has 28 heavy (non-hydrogen) atoms. The van der Waals surface area contributed by atoms with Crippen LogP contribution in [-0.2, 0) is 17.8 Å². The summed E-state index contributed by atoms with van der Waals surface area (Å²) in [5.74, 6) is -0.198. The Balaban J connectivity index is 1.67. The largest absolute Gasteiger partial charge is 0.318 e. The monoisotopic (exact) mass is 381 g/mol. The summed E-state index contributed by atoms with van der Waals surface area (Å²) < 4.78 is 1.80. The second-order valence-corrected chi connectivity index (χ2v) is 6.22. The number of nitro benzene ring substituents is 1. The number of hydrogen-bond acceptors (Lipinski definition) is 5. The zero-order valence-electron chi connectivity index (χ0n) is 15.4. The Kier molecular flexibility index (Phi) is 5.35. The second-order valence-electron chi connectivity index (χ2n) is 6.22. The molecule has 0 bridgehead atoms. The SMILES string of the molecule is CCc1nc2ccccc2n1CC(=O)NNC(=O)c1ccc([N+](=O)[O-])c(C)c1. The van der Waals surface area contributed by atoms with Crippen LogP contribution >= 0.6 is 0 Å². The van der Waals surface area contributed by atoms with Crippen LogP contribution in [-0.4, -0.2) is 26.3 Å². The van der Waals surface area contributed by atoms with Crippen molar-refractivity contribution in [3.63, 3.8) is 0 Å². The predicted molar refractivity (Wildman–Crippen MR) is 103 cm³/mol. The van der Waals surface area contributed by atoms with Crippen LogP contribution in [0.3, 0.4) is 0 Å². The minimum Gasteiger partial charge on any atom is -0.318 e. The maximum atomic E-state index is 12.3. The van der Waals surface area contributed by atoms with E-state index in [4.69, 9.17) is 0 Å². The van der Waals surface area contributed by atoms with E-state index in [1.165, 1.54) is 18.2 Å². The third-order valence-corrected chi connectivity index (χ3v) is 4.32. The summed E-state index contributed by atoms with van der Waals surface area (Å²) in [4.78, 5) is 39.4. The summed E-state index contributed by atoms with van der Waals surface area (Å²) in [5.41, 5.74) is 6.85. The van der Waals surface area contributed by atoms with Gasteiger partial charge in [-0.05, 0) is 31.2 Å². The number of para-hydroxylation sites is 2. The highest BCUT2D eigenvalue weighted by Gasteiger charge is 2.15. The summed E-state index contributed by atoms with van der Waals surface area (Å²) in [7, 11) is 0. The number of benzene rings is 2. The van der Waals surface area contributed by atoms with Crippen LogP contribution in [0.5, 0.6) is 0 Å². The number of nitrogens with zero attached hydrogens (tertiary/aromatic N) is 3. The summed E-state index contributed by atoms with van der Waals surface area (Å²) in [6.07, 6.45) is 0.663. The van der Waals surface area contributed by atoms with Gasteiger partial charge in [0.1, 0.15) is 12.4 Å². The van der Waals surface area contributed by atoms with Gasteiger partial charge >= 0.3 is 0 Å². The number of nitro groups is 1. The number of carbonyl (C=O) groups excluding carboxylic acids is 2. The number of amides is 2. The van der Waals surface area contributed by atoms with Gasteiger partial charge in [0.25, 0.3) is 17.5 Å². The molecule has 0 spiro atoms. The lowest BCUT2D eigenvalue weighted by Gasteiger charge is -2.10. The lowest BCUT2D eigenvalue weighted by molar-refractivity contribution is -0.385. The Bertz CT molecular complexity index is 1070. The lowest BCUT2D eigenvalue weighted by Crippen LogP contribution is -2.43. The molecule has 0 atom stereocenters. The summed E-state index contributed by atoms with van der Waals surface area (Å²) in [6.45, 7) is 3.50. The van der Waals surface area contributed by atoms with E-state index in [-0.39, 0.29) is 17.8 Å². The van der Waals surface area contributed by atoms with Gasteiger partial charge in [0, 0.05) is 23.6 Å². The third-order valence-electron chi connectivity index (χ3n) is 4.32. The van der Waals surface area contributed by atoms with Gasteiger partial charge in [0.2, 0.25) is 0 Å². The Hall–Kier alpha value is -3.75. The molecule has 9 heteroatoms. The first-order valence-electron chi connectivity index (χ1n) is 8.69. The molecule has 0 fully saturated rings. The van der Waals surface area contributed by atoms with Crippen LogP contribution in [0.2, 0.25) is 0 Å². The first-order chi connectivity index (χ1) is 13.4. The van der Waals surface area contributed by atoms with E-state index in [2.05, 4.69) is 15.8 Å². The Labute approximate surface area is 160 Å². The van der Waals surface area contributed by atoms with E-state index < -0.39 is 16.7 Å². The van der Waals surface area contributed by atoms with Gasteiger partial charge in [0.05, 0.1) is 16.0 Å². The van der Waals surface area contributed by atoms with Crippen LogP contribution in [0.25, 0.3) is 11.0 Å². The standard InChI is InChI=1S/C19H19N5O4/c1-3-17-20-14-6-4-5-7-16(14)23(17)11-18(25)21-22-19(26)13-8-9-15(24(27)28)12(2)10-13/h4-10H,3,11H2,1-2H3,(H,21,25)(H,22,26). The fraction of sp³-hybridized carbons (Fsp3) is 0.211. The molecule has 1 heterocycles. The van der Waals surface area contributed by atoms with E-state index in [0.717, 1.165) is 16.9 Å². The predicted octanol–water partition coefficient (Wildman–Crippen LogP) is 2.28. The van der Waals surface area contributed by atoms with Crippen LogP contribution in [0.15, 0.2) is 42.5 Å². The number of aromatic nitrogens is 2. The summed E-state index contributed by atoms with van der Waals surface area (Å²) >= 11 is 0. The number of hydrogen-bond donors (Lipinski definition) is 2. The van der Waals surface area contributed by atoms with Gasteiger partial charge in [-0.25, -0.2) is 4.98 Å². The topological polar surface area (TPSA) is 119 Å². The Morgan fingerprint density at radius 1 is 1.18 bits per heavy atom. The van der Waals surface area contributed by atoms with Crippen LogP contribution in [0.4, 0.5) is 5.69 Å². The summed E-state index contributed by atoms with van der Waals surface area (Å²) in [5, 5.41) is 10.9. The van der Waals surface area contributed by atoms with E-state index in [0.29, 0.717) is 12.0 Å². The Morgan fingerprint density at radius 3 is 2.61 bits per heavy atom. The highest BCUT2D eigenvalue weighted by molar-refractivity contribution is 5.96. The van der Waals surface area contributed by atoms with Gasteiger partial charge < -0.3 is 4.57 Å². The maximum absolute atomic E-state index is 12.3. The molecule has 2 N–H and O–H groups in total. The molecular weight excluding hydrogens is 362 g/mol. The van der Waals surface area contributed by atoms with Crippen LogP contribution < -0.4 is 10.9 Å². The van der Waals surface area contributed by atoms with Crippen molar-refractivity contribution in [3.8, 4) is 0 Å². The Morgan fingerprint density at radius 2 is 1.93 bits per heavy atom. The van der Waals surface area contributed by atoms with Crippen molar-refractivity contribution in [3.05, 3.63) is 69.5 Å². The number of hydrazine groups is 1. The molecule has 3 aromatic rings. The van der Waals surface area contributed by atoms with E-state index in [1.54, 1.807) is 11.5 Å². The van der Waals surface area contributed by atoms with Crippen molar-refractivity contribution in [2.24, 2.45) is 0 Å². The quantitative estimate of drug-likeness (QED) is 0.519. The minimum atomic E-state index is -0.558. The molecule has 0 aliphatic rings. The number of carbonyl (C=O) groups is 2. The molecule has 2 amide bonds. The summed E-state index contributed by atoms with van der Waals surface area (Å²) in [6, 6.07) is 11.5. The van der Waals surface area contributed by atoms with Crippen molar-refractivity contribution < 1.29 is 14.5 Å². The molecule has 144 valence electrons.